The Morgan fingerprint density at radius 2 is 1.85 bits per heavy atom. The van der Waals surface area contributed by atoms with Crippen LogP contribution in [0.3, 0.4) is 0 Å². The molecule has 2 N–H and O–H groups in total. The Bertz CT molecular complexity index is 498. The second kappa shape index (κ2) is 6.55. The number of carbonyl (C=O) groups is 2. The fraction of sp³-hybridized carbons (Fsp3) is 0.500. The molecule has 1 aromatic rings. The zero-order chi connectivity index (χ0) is 14.5. The van der Waals surface area contributed by atoms with E-state index in [9.17, 15) is 14.7 Å². The average Bonchev–Trinajstić information content (AvgIpc) is 2.64. The second-order valence-corrected chi connectivity index (χ2v) is 5.48. The Morgan fingerprint density at radius 3 is 2.55 bits per heavy atom. The first kappa shape index (κ1) is 14.6. The van der Waals surface area contributed by atoms with Crippen LogP contribution < -0.4 is 5.32 Å². The van der Waals surface area contributed by atoms with Crippen molar-refractivity contribution >= 4 is 11.9 Å². The van der Waals surface area contributed by atoms with Crippen LogP contribution in [0, 0.1) is 12.8 Å². The number of hydrogen-bond acceptors (Lipinski definition) is 2. The summed E-state index contributed by atoms with van der Waals surface area (Å²) in [4.78, 5) is 23.7. The second-order valence-electron chi connectivity index (χ2n) is 5.48. The predicted molar refractivity (Wildman–Crippen MR) is 76.6 cm³/mol. The number of carbonyl (C=O) groups excluding carboxylic acids is 1. The molecule has 0 radical (unpaired) electrons. The predicted octanol–water partition coefficient (Wildman–Crippen LogP) is 2.76. The quantitative estimate of drug-likeness (QED) is 0.834. The summed E-state index contributed by atoms with van der Waals surface area (Å²) >= 11 is 0. The van der Waals surface area contributed by atoms with Crippen LogP contribution in [0.4, 0.5) is 0 Å². The monoisotopic (exact) mass is 275 g/mol. The molecule has 0 aliphatic heterocycles. The number of hydrogen-bond donors (Lipinski definition) is 2. The number of carboxylic acids is 1. The van der Waals surface area contributed by atoms with Crippen molar-refractivity contribution < 1.29 is 14.7 Å². The van der Waals surface area contributed by atoms with Gasteiger partial charge in [-0.05, 0) is 31.4 Å². The summed E-state index contributed by atoms with van der Waals surface area (Å²) in [5.74, 6) is -1.44. The Morgan fingerprint density at radius 1 is 1.15 bits per heavy atom. The van der Waals surface area contributed by atoms with E-state index in [2.05, 4.69) is 5.32 Å². The van der Waals surface area contributed by atoms with E-state index in [4.69, 9.17) is 0 Å². The highest BCUT2D eigenvalue weighted by molar-refractivity contribution is 5.96. The van der Waals surface area contributed by atoms with Crippen LogP contribution in [0.15, 0.2) is 24.3 Å². The Kier molecular flexibility index (Phi) is 4.77. The molecule has 108 valence electrons. The molecule has 1 aliphatic carbocycles. The van der Waals surface area contributed by atoms with Gasteiger partial charge in [-0.25, -0.2) is 0 Å². The fourth-order valence-electron chi connectivity index (χ4n) is 2.85. The smallest absolute Gasteiger partial charge is 0.308 e. The maximum atomic E-state index is 12.3. The minimum Gasteiger partial charge on any atom is -0.481 e. The lowest BCUT2D eigenvalue weighted by atomic mass is 9.94. The summed E-state index contributed by atoms with van der Waals surface area (Å²) in [6, 6.07) is 7.11. The zero-order valence-electron chi connectivity index (χ0n) is 11.8. The average molecular weight is 275 g/mol. The van der Waals surface area contributed by atoms with Crippen molar-refractivity contribution in [3.8, 4) is 0 Å². The molecule has 0 bridgehead atoms. The molecule has 2 atom stereocenters. The topological polar surface area (TPSA) is 66.4 Å². The summed E-state index contributed by atoms with van der Waals surface area (Å²) < 4.78 is 0. The standard InChI is InChI=1S/C16H21NO3/c1-11-7-5-6-8-12(11)15(18)17-14-10-4-2-3-9-13(14)16(19)20/h5-8,13-14H,2-4,9-10H2,1H3,(H,17,18)(H,19,20)/t13-,14+/m0/s1. The van der Waals surface area contributed by atoms with Crippen molar-refractivity contribution in [3.05, 3.63) is 35.4 Å². The number of benzene rings is 1. The van der Waals surface area contributed by atoms with Gasteiger partial charge in [-0.3, -0.25) is 9.59 Å². The van der Waals surface area contributed by atoms with Crippen molar-refractivity contribution in [2.45, 2.75) is 45.1 Å². The highest BCUT2D eigenvalue weighted by Crippen LogP contribution is 2.24. The largest absolute Gasteiger partial charge is 0.481 e. The van der Waals surface area contributed by atoms with E-state index in [0.29, 0.717) is 12.0 Å². The van der Waals surface area contributed by atoms with Crippen LogP contribution in [0.2, 0.25) is 0 Å². The van der Waals surface area contributed by atoms with E-state index in [-0.39, 0.29) is 11.9 Å². The lowest BCUT2D eigenvalue weighted by molar-refractivity contribution is -0.142. The van der Waals surface area contributed by atoms with Gasteiger partial charge in [0.1, 0.15) is 0 Å². The first-order valence-electron chi connectivity index (χ1n) is 7.19. The van der Waals surface area contributed by atoms with Crippen LogP contribution in [0.5, 0.6) is 0 Å². The molecule has 20 heavy (non-hydrogen) atoms. The number of amides is 1. The maximum Gasteiger partial charge on any atom is 0.308 e. The molecule has 0 saturated heterocycles. The van der Waals surface area contributed by atoms with Gasteiger partial charge in [-0.2, -0.15) is 0 Å². The van der Waals surface area contributed by atoms with E-state index in [1.807, 2.05) is 25.1 Å². The van der Waals surface area contributed by atoms with Crippen molar-refractivity contribution in [3.63, 3.8) is 0 Å². The molecule has 1 aliphatic rings. The maximum absolute atomic E-state index is 12.3. The van der Waals surface area contributed by atoms with E-state index in [1.165, 1.54) is 0 Å². The molecular formula is C16H21NO3. The molecule has 1 fully saturated rings. The van der Waals surface area contributed by atoms with E-state index >= 15 is 0 Å². The molecule has 1 amide bonds. The lowest BCUT2D eigenvalue weighted by Gasteiger charge is -2.23. The molecule has 0 aromatic heterocycles. The van der Waals surface area contributed by atoms with Crippen LogP contribution in [0.25, 0.3) is 0 Å². The number of carboxylic acid groups (broad SMARTS) is 1. The van der Waals surface area contributed by atoms with Gasteiger partial charge >= 0.3 is 5.97 Å². The van der Waals surface area contributed by atoms with Crippen LogP contribution in [-0.4, -0.2) is 23.0 Å². The summed E-state index contributed by atoms with van der Waals surface area (Å²) in [6.45, 7) is 1.89. The highest BCUT2D eigenvalue weighted by Gasteiger charge is 2.30. The Labute approximate surface area is 119 Å². The van der Waals surface area contributed by atoms with Crippen molar-refractivity contribution in [2.24, 2.45) is 5.92 Å². The third-order valence-corrected chi connectivity index (χ3v) is 4.04. The van der Waals surface area contributed by atoms with Gasteiger partial charge in [-0.1, -0.05) is 37.5 Å². The normalized spacial score (nSPS) is 22.9. The Hall–Kier alpha value is -1.84. The first-order chi connectivity index (χ1) is 9.59. The molecule has 0 heterocycles. The Balaban J connectivity index is 2.12. The third kappa shape index (κ3) is 3.38. The third-order valence-electron chi connectivity index (χ3n) is 4.04. The van der Waals surface area contributed by atoms with Gasteiger partial charge < -0.3 is 10.4 Å². The van der Waals surface area contributed by atoms with Gasteiger partial charge in [0, 0.05) is 11.6 Å². The minimum absolute atomic E-state index is 0.166. The van der Waals surface area contributed by atoms with Gasteiger partial charge in [0.25, 0.3) is 5.91 Å². The minimum atomic E-state index is -0.804. The van der Waals surface area contributed by atoms with Gasteiger partial charge in [0.2, 0.25) is 0 Å². The zero-order valence-corrected chi connectivity index (χ0v) is 11.8. The van der Waals surface area contributed by atoms with E-state index < -0.39 is 11.9 Å². The van der Waals surface area contributed by atoms with Crippen LogP contribution >= 0.6 is 0 Å². The number of aryl methyl sites for hydroxylation is 1. The van der Waals surface area contributed by atoms with Gasteiger partial charge in [0.15, 0.2) is 0 Å². The molecular weight excluding hydrogens is 254 g/mol. The van der Waals surface area contributed by atoms with Crippen LogP contribution in [-0.2, 0) is 4.79 Å². The molecule has 0 spiro atoms. The summed E-state index contributed by atoms with van der Waals surface area (Å²) in [6.07, 6.45) is 4.33. The first-order valence-corrected chi connectivity index (χ1v) is 7.19. The molecule has 1 saturated carbocycles. The van der Waals surface area contributed by atoms with Crippen molar-refractivity contribution in [1.29, 1.82) is 0 Å². The summed E-state index contributed by atoms with van der Waals surface area (Å²) in [5, 5.41) is 12.2. The number of rotatable bonds is 3. The SMILES string of the molecule is Cc1ccccc1C(=O)N[C@@H]1CCCCC[C@@H]1C(=O)O. The molecule has 2 rings (SSSR count). The fourth-order valence-corrected chi connectivity index (χ4v) is 2.85. The molecule has 1 aromatic carbocycles. The van der Waals surface area contributed by atoms with Gasteiger partial charge in [0.05, 0.1) is 5.92 Å². The highest BCUT2D eigenvalue weighted by atomic mass is 16.4. The van der Waals surface area contributed by atoms with Gasteiger partial charge in [-0.15, -0.1) is 0 Å². The summed E-state index contributed by atoms with van der Waals surface area (Å²) in [5.41, 5.74) is 1.53. The van der Waals surface area contributed by atoms with E-state index in [0.717, 1.165) is 31.2 Å². The van der Waals surface area contributed by atoms with Crippen LogP contribution in [0.1, 0.15) is 48.0 Å². The lowest BCUT2D eigenvalue weighted by Crippen LogP contribution is -2.43. The molecule has 0 unspecified atom stereocenters. The molecule has 4 heteroatoms. The van der Waals surface area contributed by atoms with Crippen molar-refractivity contribution in [2.75, 3.05) is 0 Å². The van der Waals surface area contributed by atoms with Crippen molar-refractivity contribution in [1.82, 2.24) is 5.32 Å². The number of nitrogens with one attached hydrogen (secondary N) is 1. The number of aliphatic carboxylic acids is 1. The van der Waals surface area contributed by atoms with E-state index in [1.54, 1.807) is 6.07 Å². The molecule has 4 nitrogen and oxygen atoms in total. The summed E-state index contributed by atoms with van der Waals surface area (Å²) in [7, 11) is 0.